The van der Waals surface area contributed by atoms with E-state index in [1.807, 2.05) is 29.4 Å². The molecule has 4 N–H and O–H groups in total. The van der Waals surface area contributed by atoms with Gasteiger partial charge in [0.05, 0.1) is 64.9 Å². The Kier molecular flexibility index (Phi) is 9.53. The van der Waals surface area contributed by atoms with Crippen molar-refractivity contribution in [2.75, 3.05) is 44.1 Å². The molecule has 1 aliphatic heterocycles. The van der Waals surface area contributed by atoms with Gasteiger partial charge in [-0.1, -0.05) is 29.3 Å². The van der Waals surface area contributed by atoms with Gasteiger partial charge in [-0.2, -0.15) is 5.26 Å². The van der Waals surface area contributed by atoms with E-state index in [1.165, 1.54) is 24.4 Å². The van der Waals surface area contributed by atoms with Crippen molar-refractivity contribution < 1.29 is 13.9 Å². The lowest BCUT2D eigenvalue weighted by atomic mass is 10.0. The Bertz CT molecular complexity index is 1630. The normalized spacial score (nSPS) is 13.4. The second-order valence-corrected chi connectivity index (χ2v) is 10.1. The van der Waals surface area contributed by atoms with Crippen molar-refractivity contribution in [3.05, 3.63) is 99.9 Å². The zero-order valence-electron chi connectivity index (χ0n) is 22.5. The zero-order chi connectivity index (χ0) is 29.5. The number of nitrogens with zero attached hydrogens (tertiary/aromatic N) is 4. The number of hydrogen-bond donors (Lipinski definition) is 4. The molecule has 5 rings (SSSR count). The van der Waals surface area contributed by atoms with Gasteiger partial charge in [0, 0.05) is 48.7 Å². The Hall–Kier alpha value is -4.18. The van der Waals surface area contributed by atoms with Crippen molar-refractivity contribution in [3.63, 3.8) is 0 Å². The molecule has 0 spiro atoms. The van der Waals surface area contributed by atoms with E-state index in [9.17, 15) is 9.65 Å². The minimum atomic E-state index is -0.542. The Labute approximate surface area is 252 Å². The fourth-order valence-corrected chi connectivity index (χ4v) is 4.83. The second-order valence-electron chi connectivity index (χ2n) is 9.25. The quantitative estimate of drug-likeness (QED) is 0.150. The van der Waals surface area contributed by atoms with Gasteiger partial charge in [-0.05, 0) is 42.0 Å². The van der Waals surface area contributed by atoms with E-state index in [4.69, 9.17) is 32.7 Å². The monoisotopic (exact) mass is 608 g/mol. The Balaban J connectivity index is 1.47. The van der Waals surface area contributed by atoms with Gasteiger partial charge in [-0.3, -0.25) is 15.0 Å². The molecule has 0 saturated carbocycles. The Morgan fingerprint density at radius 3 is 2.71 bits per heavy atom. The van der Waals surface area contributed by atoms with E-state index < -0.39 is 5.82 Å². The molecular formula is C29H27Cl2FN8O2. The lowest BCUT2D eigenvalue weighted by Crippen LogP contribution is -2.39. The molecule has 3 heterocycles. The van der Waals surface area contributed by atoms with E-state index in [1.54, 1.807) is 25.6 Å². The highest BCUT2D eigenvalue weighted by atomic mass is 35.5. The number of pyridine rings is 2. The maximum atomic E-state index is 13.8. The van der Waals surface area contributed by atoms with Crippen molar-refractivity contribution in [1.29, 1.82) is 5.26 Å². The third kappa shape index (κ3) is 6.82. The van der Waals surface area contributed by atoms with Crippen molar-refractivity contribution in [3.8, 4) is 6.07 Å². The van der Waals surface area contributed by atoms with E-state index in [0.29, 0.717) is 59.4 Å². The number of hydrazine groups is 2. The van der Waals surface area contributed by atoms with Crippen LogP contribution >= 0.6 is 23.2 Å². The fraction of sp³-hybridized carbons (Fsp3) is 0.207. The first kappa shape index (κ1) is 29.3. The summed E-state index contributed by atoms with van der Waals surface area (Å²) >= 11 is 12.7. The fourth-order valence-electron chi connectivity index (χ4n) is 4.38. The van der Waals surface area contributed by atoms with Crippen LogP contribution in [0.3, 0.4) is 0 Å². The molecule has 4 aromatic rings. The number of benzene rings is 2. The first-order chi connectivity index (χ1) is 20.5. The van der Waals surface area contributed by atoms with Crippen molar-refractivity contribution in [2.24, 2.45) is 0 Å². The molecule has 42 heavy (non-hydrogen) atoms. The summed E-state index contributed by atoms with van der Waals surface area (Å²) in [5, 5.41) is 19.4. The molecular weight excluding hydrogens is 582 g/mol. The van der Waals surface area contributed by atoms with Crippen LogP contribution in [0.4, 0.5) is 21.5 Å². The SMILES string of the molecule is COCCOCCN1C=C([C@@H](Nc2cc(Cl)c3ncc(C#N)c(Nc4ccc(F)c(Cl)c4)c3c2)c2cccnc2)NN1. The number of fused-ring (bicyclic) bond motifs is 1. The van der Waals surface area contributed by atoms with Crippen LogP contribution in [0.2, 0.25) is 10.0 Å². The highest BCUT2D eigenvalue weighted by Gasteiger charge is 2.23. The molecule has 1 atom stereocenters. The topological polar surface area (TPSA) is 119 Å². The molecule has 0 amide bonds. The number of hydrogen-bond acceptors (Lipinski definition) is 10. The molecule has 0 radical (unpaired) electrons. The number of rotatable bonds is 12. The standard InChI is InChI=1S/C29H27Cl2FN8O2/c1-41-9-10-42-8-7-40-17-26(38-39-40)28(18-3-2-6-34-15-18)37-21-11-22-27(36-20-4-5-25(32)23(30)12-20)19(14-33)16-35-29(22)24(31)13-21/h2-6,11-13,15-17,28,37-39H,7-10H2,1H3,(H,35,36)/t28-/m0/s1. The highest BCUT2D eigenvalue weighted by Crippen LogP contribution is 2.37. The smallest absolute Gasteiger partial charge is 0.141 e. The molecule has 2 aromatic heterocycles. The molecule has 0 bridgehead atoms. The van der Waals surface area contributed by atoms with E-state index >= 15 is 0 Å². The van der Waals surface area contributed by atoms with Gasteiger partial charge in [0.2, 0.25) is 0 Å². The van der Waals surface area contributed by atoms with Crippen LogP contribution in [0, 0.1) is 17.1 Å². The predicted molar refractivity (Wildman–Crippen MR) is 161 cm³/mol. The average Bonchev–Trinajstić information content (AvgIpc) is 3.47. The number of ether oxygens (including phenoxy) is 2. The van der Waals surface area contributed by atoms with E-state index in [-0.39, 0.29) is 16.6 Å². The summed E-state index contributed by atoms with van der Waals surface area (Å²) in [7, 11) is 1.64. The molecule has 2 aromatic carbocycles. The molecule has 10 nitrogen and oxygen atoms in total. The third-order valence-corrected chi connectivity index (χ3v) is 7.00. The van der Waals surface area contributed by atoms with Crippen molar-refractivity contribution >= 4 is 51.2 Å². The molecule has 0 aliphatic carbocycles. The van der Waals surface area contributed by atoms with Gasteiger partial charge < -0.3 is 25.5 Å². The number of halogens is 3. The van der Waals surface area contributed by atoms with Gasteiger partial charge in [0.25, 0.3) is 0 Å². The molecule has 1 aliphatic rings. The number of nitriles is 1. The summed E-state index contributed by atoms with van der Waals surface area (Å²) < 4.78 is 24.4. The Morgan fingerprint density at radius 1 is 1.10 bits per heavy atom. The highest BCUT2D eigenvalue weighted by molar-refractivity contribution is 6.36. The van der Waals surface area contributed by atoms with Gasteiger partial charge in [-0.15, -0.1) is 5.53 Å². The van der Waals surface area contributed by atoms with Gasteiger partial charge >= 0.3 is 0 Å². The van der Waals surface area contributed by atoms with Gasteiger partial charge in [0.15, 0.2) is 0 Å². The Morgan fingerprint density at radius 2 is 1.95 bits per heavy atom. The number of aromatic nitrogens is 2. The van der Waals surface area contributed by atoms with Crippen LogP contribution in [0.1, 0.15) is 17.2 Å². The minimum absolute atomic E-state index is 0.0434. The molecule has 216 valence electrons. The minimum Gasteiger partial charge on any atom is -0.382 e. The van der Waals surface area contributed by atoms with Crippen LogP contribution in [-0.4, -0.2) is 48.5 Å². The molecule has 0 saturated heterocycles. The lowest BCUT2D eigenvalue weighted by Gasteiger charge is -2.22. The summed E-state index contributed by atoms with van der Waals surface area (Å²) in [5.74, 6) is -0.542. The number of anilines is 3. The first-order valence-electron chi connectivity index (χ1n) is 12.9. The average molecular weight is 609 g/mol. The summed E-state index contributed by atoms with van der Waals surface area (Å²) in [5.41, 5.74) is 10.5. The van der Waals surface area contributed by atoms with Crippen molar-refractivity contribution in [1.82, 2.24) is 25.9 Å². The van der Waals surface area contributed by atoms with Crippen LogP contribution in [0.5, 0.6) is 0 Å². The van der Waals surface area contributed by atoms with Crippen LogP contribution in [0.25, 0.3) is 10.9 Å². The number of nitrogens with one attached hydrogen (secondary N) is 4. The summed E-state index contributed by atoms with van der Waals surface area (Å²) in [4.78, 5) is 8.72. The summed E-state index contributed by atoms with van der Waals surface area (Å²) in [6.07, 6.45) is 6.88. The first-order valence-corrected chi connectivity index (χ1v) is 13.7. The maximum Gasteiger partial charge on any atom is 0.141 e. The van der Waals surface area contributed by atoms with Crippen LogP contribution < -0.4 is 21.6 Å². The zero-order valence-corrected chi connectivity index (χ0v) is 24.0. The maximum absolute atomic E-state index is 13.8. The largest absolute Gasteiger partial charge is 0.382 e. The van der Waals surface area contributed by atoms with Crippen LogP contribution in [-0.2, 0) is 9.47 Å². The molecule has 0 unspecified atom stereocenters. The van der Waals surface area contributed by atoms with Gasteiger partial charge in [-0.25, -0.2) is 4.39 Å². The second kappa shape index (κ2) is 13.7. The third-order valence-electron chi connectivity index (χ3n) is 6.42. The van der Waals surface area contributed by atoms with E-state index in [2.05, 4.69) is 37.6 Å². The molecule has 13 heteroatoms. The lowest BCUT2D eigenvalue weighted by molar-refractivity contribution is 0.0574. The number of methoxy groups -OCH3 is 1. The molecule has 0 fully saturated rings. The van der Waals surface area contributed by atoms with E-state index in [0.717, 1.165) is 11.3 Å². The van der Waals surface area contributed by atoms with Crippen molar-refractivity contribution in [2.45, 2.75) is 6.04 Å². The predicted octanol–water partition coefficient (Wildman–Crippen LogP) is 5.67. The van der Waals surface area contributed by atoms with Crippen LogP contribution in [0.15, 0.2) is 73.0 Å². The summed E-state index contributed by atoms with van der Waals surface area (Å²) in [6.45, 7) is 2.17. The summed E-state index contributed by atoms with van der Waals surface area (Å²) in [6, 6.07) is 13.5. The van der Waals surface area contributed by atoms with Gasteiger partial charge in [0.1, 0.15) is 11.9 Å².